The van der Waals surface area contributed by atoms with Gasteiger partial charge in [0.15, 0.2) is 0 Å². The number of hydrogen-bond donors (Lipinski definition) is 0. The average Bonchev–Trinajstić information content (AvgIpc) is 1.77. The Morgan fingerprint density at radius 3 is 1.50 bits per heavy atom. The Bertz CT molecular complexity index is 281. The highest BCUT2D eigenvalue weighted by molar-refractivity contribution is 7.81. The van der Waals surface area contributed by atoms with Gasteiger partial charge in [-0.15, -0.1) is 0 Å². The van der Waals surface area contributed by atoms with Gasteiger partial charge in [-0.3, -0.25) is 0 Å². The quantitative estimate of drug-likeness (QED) is 0.498. The lowest BCUT2D eigenvalue weighted by molar-refractivity contribution is -0.438. The maximum absolute atomic E-state index is 12.2. The van der Waals surface area contributed by atoms with E-state index in [1.165, 1.54) is 0 Å². The molecule has 1 heterocycles. The molecule has 0 N–H and O–H groups in total. The first-order valence-corrected chi connectivity index (χ1v) is 5.21. The molecule has 0 aliphatic carbocycles. The summed E-state index contributed by atoms with van der Waals surface area (Å²) < 4.78 is 89.0. The van der Waals surface area contributed by atoms with Crippen molar-refractivity contribution in [2.45, 2.75) is 18.1 Å². The van der Waals surface area contributed by atoms with Crippen molar-refractivity contribution >= 4 is 18.2 Å². The van der Waals surface area contributed by atoms with Crippen LogP contribution in [0.5, 0.6) is 0 Å². The van der Waals surface area contributed by atoms with Crippen LogP contribution in [0.2, 0.25) is 0 Å². The summed E-state index contributed by atoms with van der Waals surface area (Å²) in [4.78, 5) is 0. The van der Waals surface area contributed by atoms with Gasteiger partial charge in [0.1, 0.15) is 0 Å². The van der Waals surface area contributed by atoms with Crippen molar-refractivity contribution in [2.24, 2.45) is 0 Å². The third kappa shape index (κ3) is 1.62. The van der Waals surface area contributed by atoms with Crippen LogP contribution in [-0.4, -0.2) is 18.1 Å². The van der Waals surface area contributed by atoms with Crippen molar-refractivity contribution in [1.82, 2.24) is 0 Å². The molecular weight excluding hydrogens is 264 g/mol. The molecule has 1 aliphatic heterocycles. The number of rotatable bonds is 0. The summed E-state index contributed by atoms with van der Waals surface area (Å²) in [6, 6.07) is 0. The summed E-state index contributed by atoms with van der Waals surface area (Å²) in [6.07, 6.45) is -11.3. The lowest BCUT2D eigenvalue weighted by atomic mass is 10.3. The van der Waals surface area contributed by atoms with Gasteiger partial charge in [-0.05, 0) is 0 Å². The lowest BCUT2D eigenvalue weighted by Crippen LogP contribution is -2.58. The molecule has 0 spiro atoms. The van der Waals surface area contributed by atoms with Crippen LogP contribution in [0, 0.1) is 0 Å². The van der Waals surface area contributed by atoms with Gasteiger partial charge in [0.2, 0.25) is 0 Å². The van der Waals surface area contributed by atoms with Gasteiger partial charge in [-0.1, -0.05) is 0 Å². The Kier molecular flexibility index (Phi) is 2.40. The number of hydrogen-bond acceptors (Lipinski definition) is 3. The second kappa shape index (κ2) is 2.78. The van der Waals surface area contributed by atoms with Gasteiger partial charge in [0.05, 0.1) is 0 Å². The second-order valence-corrected chi connectivity index (χ2v) is 4.69. The van der Waals surface area contributed by atoms with Crippen LogP contribution in [-0.2, 0) is 13.6 Å². The molecule has 14 heavy (non-hydrogen) atoms. The molecule has 84 valence electrons. The summed E-state index contributed by atoms with van der Waals surface area (Å²) in [7, 11) is 0. The highest BCUT2D eigenvalue weighted by Crippen LogP contribution is 2.69. The van der Waals surface area contributed by atoms with Gasteiger partial charge < -0.3 is 0 Å². The molecular formula is C3ClF6O3P. The zero-order valence-corrected chi connectivity index (χ0v) is 7.47. The summed E-state index contributed by atoms with van der Waals surface area (Å²) in [6.45, 7) is -5.42. The molecule has 0 atom stereocenters. The molecule has 1 saturated heterocycles. The molecule has 3 nitrogen and oxygen atoms in total. The van der Waals surface area contributed by atoms with Crippen LogP contribution < -0.4 is 0 Å². The van der Waals surface area contributed by atoms with Crippen molar-refractivity contribution in [3.05, 3.63) is 0 Å². The van der Waals surface area contributed by atoms with E-state index in [2.05, 4.69) is 20.3 Å². The van der Waals surface area contributed by atoms with Crippen LogP contribution in [0.1, 0.15) is 0 Å². The summed E-state index contributed by atoms with van der Waals surface area (Å²) in [5.74, 6) is -5.94. The Labute approximate surface area is 77.2 Å². The summed E-state index contributed by atoms with van der Waals surface area (Å²) in [5, 5.41) is 0. The van der Waals surface area contributed by atoms with E-state index in [9.17, 15) is 30.9 Å². The standard InChI is InChI=1S/C3ClF6O3P/c4-14(11)12-2(7,8)1(5,6)3(9,10)13-14. The molecule has 1 fully saturated rings. The Morgan fingerprint density at radius 2 is 1.21 bits per heavy atom. The van der Waals surface area contributed by atoms with Crippen LogP contribution in [0.3, 0.4) is 0 Å². The van der Waals surface area contributed by atoms with E-state index in [4.69, 9.17) is 0 Å². The Morgan fingerprint density at radius 1 is 0.929 bits per heavy atom. The first kappa shape index (κ1) is 12.1. The first-order chi connectivity index (χ1) is 5.91. The van der Waals surface area contributed by atoms with Crippen LogP contribution in [0.25, 0.3) is 0 Å². The van der Waals surface area contributed by atoms with E-state index in [1.54, 1.807) is 0 Å². The van der Waals surface area contributed by atoms with Crippen molar-refractivity contribution < 1.29 is 40.0 Å². The van der Waals surface area contributed by atoms with E-state index >= 15 is 0 Å². The zero-order chi connectivity index (χ0) is 11.4. The third-order valence-electron chi connectivity index (χ3n) is 1.18. The number of alkyl halides is 6. The maximum Gasteiger partial charge on any atom is 0.436 e. The molecule has 0 aromatic rings. The minimum Gasteiger partial charge on any atom is -0.240 e. The predicted molar refractivity (Wildman–Crippen MR) is 30.5 cm³/mol. The Hall–Kier alpha value is 0.0200. The normalized spacial score (nSPS) is 32.5. The average molecular weight is 264 g/mol. The second-order valence-electron chi connectivity index (χ2n) is 2.22. The van der Waals surface area contributed by atoms with Gasteiger partial charge in [-0.2, -0.15) is 26.3 Å². The van der Waals surface area contributed by atoms with Crippen molar-refractivity contribution in [2.75, 3.05) is 0 Å². The molecule has 1 rings (SSSR count). The van der Waals surface area contributed by atoms with E-state index < -0.39 is 25.1 Å². The van der Waals surface area contributed by atoms with E-state index in [0.29, 0.717) is 0 Å². The van der Waals surface area contributed by atoms with Gasteiger partial charge in [0, 0.05) is 11.2 Å². The minimum absolute atomic E-state index is 2.75. The van der Waals surface area contributed by atoms with Crippen LogP contribution in [0.4, 0.5) is 26.3 Å². The molecule has 11 heteroatoms. The van der Waals surface area contributed by atoms with Crippen molar-refractivity contribution in [1.29, 1.82) is 0 Å². The van der Waals surface area contributed by atoms with E-state index in [0.717, 1.165) is 0 Å². The molecule has 0 unspecified atom stereocenters. The Balaban J connectivity index is 3.20. The molecule has 0 saturated carbocycles. The van der Waals surface area contributed by atoms with E-state index in [1.807, 2.05) is 0 Å². The van der Waals surface area contributed by atoms with Crippen LogP contribution >= 0.6 is 18.2 Å². The van der Waals surface area contributed by atoms with Gasteiger partial charge in [0.25, 0.3) is 0 Å². The lowest BCUT2D eigenvalue weighted by Gasteiger charge is -2.37. The SMILES string of the molecule is O=P1(Cl)OC(F)(F)C(F)(F)C(F)(F)O1. The highest BCUT2D eigenvalue weighted by atomic mass is 35.7. The third-order valence-corrected chi connectivity index (χ3v) is 2.49. The van der Waals surface area contributed by atoms with Gasteiger partial charge >= 0.3 is 25.1 Å². The molecule has 0 aromatic carbocycles. The van der Waals surface area contributed by atoms with Gasteiger partial charge in [-0.25, -0.2) is 13.6 Å². The monoisotopic (exact) mass is 264 g/mol. The molecule has 0 bridgehead atoms. The van der Waals surface area contributed by atoms with Crippen molar-refractivity contribution in [3.63, 3.8) is 0 Å². The van der Waals surface area contributed by atoms with Crippen LogP contribution in [0.15, 0.2) is 0 Å². The molecule has 0 amide bonds. The largest absolute Gasteiger partial charge is 0.436 e. The molecule has 0 radical (unpaired) electrons. The fraction of sp³-hybridized carbons (Fsp3) is 1.00. The van der Waals surface area contributed by atoms with Crippen molar-refractivity contribution in [3.8, 4) is 0 Å². The summed E-state index contributed by atoms with van der Waals surface area (Å²) >= 11 is 4.39. The topological polar surface area (TPSA) is 35.5 Å². The van der Waals surface area contributed by atoms with E-state index in [-0.39, 0.29) is 0 Å². The molecule has 0 aromatic heterocycles. The fourth-order valence-electron chi connectivity index (χ4n) is 0.577. The summed E-state index contributed by atoms with van der Waals surface area (Å²) in [5.41, 5.74) is 0. The number of halogens is 7. The smallest absolute Gasteiger partial charge is 0.240 e. The first-order valence-electron chi connectivity index (χ1n) is 2.76. The minimum atomic E-state index is -5.94. The zero-order valence-electron chi connectivity index (χ0n) is 5.82. The fourth-order valence-corrected chi connectivity index (χ4v) is 1.91. The predicted octanol–water partition coefficient (Wildman–Crippen LogP) is 3.20. The molecule has 1 aliphatic rings. The maximum atomic E-state index is 12.2. The highest BCUT2D eigenvalue weighted by Gasteiger charge is 2.81.